The normalized spacial score (nSPS) is 11.6. The maximum absolute atomic E-state index is 12.1. The zero-order valence-electron chi connectivity index (χ0n) is 18.1. The van der Waals surface area contributed by atoms with E-state index >= 15 is 0 Å². The molecule has 0 radical (unpaired) electrons. The molecule has 1 amide bonds. The van der Waals surface area contributed by atoms with Gasteiger partial charge in [0, 0.05) is 12.1 Å². The van der Waals surface area contributed by atoms with E-state index in [1.807, 2.05) is 16.7 Å². The van der Waals surface area contributed by atoms with E-state index in [2.05, 4.69) is 67.5 Å². The predicted molar refractivity (Wildman–Crippen MR) is 121 cm³/mol. The molecule has 0 bridgehead atoms. The van der Waals surface area contributed by atoms with Crippen LogP contribution in [0.4, 0.5) is 0 Å². The first-order valence-electron chi connectivity index (χ1n) is 10.3. The van der Waals surface area contributed by atoms with Crippen LogP contribution in [0.25, 0.3) is 11.4 Å². The first-order chi connectivity index (χ1) is 14.4. The van der Waals surface area contributed by atoms with Gasteiger partial charge in [-0.3, -0.25) is 9.36 Å². The molecule has 1 N–H and O–H groups in total. The second-order valence-electron chi connectivity index (χ2n) is 8.29. The average Bonchev–Trinajstić information content (AvgIpc) is 3.36. The quantitative estimate of drug-likeness (QED) is 0.389. The summed E-state index contributed by atoms with van der Waals surface area (Å²) in [7, 11) is 0. The molecule has 0 unspecified atom stereocenters. The van der Waals surface area contributed by atoms with Gasteiger partial charge in [-0.05, 0) is 29.5 Å². The first-order valence-corrected chi connectivity index (χ1v) is 11.3. The van der Waals surface area contributed by atoms with Crippen LogP contribution in [0.2, 0.25) is 0 Å². The van der Waals surface area contributed by atoms with Gasteiger partial charge in [-0.25, -0.2) is 0 Å². The minimum absolute atomic E-state index is 0.0112. The van der Waals surface area contributed by atoms with Crippen LogP contribution in [0.15, 0.2) is 52.2 Å². The molecule has 1 aromatic carbocycles. The third-order valence-electron chi connectivity index (χ3n) is 4.80. The van der Waals surface area contributed by atoms with E-state index in [-0.39, 0.29) is 11.3 Å². The molecule has 0 aliphatic heterocycles. The van der Waals surface area contributed by atoms with Gasteiger partial charge in [0.15, 0.2) is 11.0 Å². The van der Waals surface area contributed by atoms with Crippen LogP contribution in [0.1, 0.15) is 51.9 Å². The molecule has 2 heterocycles. The number of hydrogen-bond acceptors (Lipinski definition) is 5. The van der Waals surface area contributed by atoms with Crippen molar-refractivity contribution >= 4 is 17.7 Å². The SMILES string of the molecule is CCCCNC(=O)CSc1nnc(-c2ccc(C(C)(C)C)cc2)n1Cc1ccco1. The van der Waals surface area contributed by atoms with Gasteiger partial charge in [-0.15, -0.1) is 10.2 Å². The van der Waals surface area contributed by atoms with Gasteiger partial charge in [0.1, 0.15) is 5.76 Å². The van der Waals surface area contributed by atoms with Gasteiger partial charge < -0.3 is 9.73 Å². The van der Waals surface area contributed by atoms with Gasteiger partial charge in [-0.2, -0.15) is 0 Å². The Morgan fingerprint density at radius 3 is 2.57 bits per heavy atom. The van der Waals surface area contributed by atoms with Crippen molar-refractivity contribution in [1.82, 2.24) is 20.1 Å². The molecule has 30 heavy (non-hydrogen) atoms. The molecule has 0 saturated carbocycles. The van der Waals surface area contributed by atoms with Crippen molar-refractivity contribution in [2.24, 2.45) is 0 Å². The van der Waals surface area contributed by atoms with Crippen molar-refractivity contribution in [3.8, 4) is 11.4 Å². The predicted octanol–water partition coefficient (Wildman–Crippen LogP) is 4.89. The second kappa shape index (κ2) is 9.98. The van der Waals surface area contributed by atoms with Gasteiger partial charge in [0.2, 0.25) is 5.91 Å². The number of hydrogen-bond donors (Lipinski definition) is 1. The number of unbranched alkanes of at least 4 members (excludes halogenated alkanes) is 1. The number of carbonyl (C=O) groups is 1. The Labute approximate surface area is 182 Å². The van der Waals surface area contributed by atoms with E-state index < -0.39 is 0 Å². The van der Waals surface area contributed by atoms with E-state index in [0.29, 0.717) is 24.0 Å². The van der Waals surface area contributed by atoms with Crippen LogP contribution in [0, 0.1) is 0 Å². The van der Waals surface area contributed by atoms with E-state index in [4.69, 9.17) is 4.42 Å². The molecule has 160 valence electrons. The summed E-state index contributed by atoms with van der Waals surface area (Å²) in [6.07, 6.45) is 3.70. The van der Waals surface area contributed by atoms with Gasteiger partial charge in [-0.1, -0.05) is 70.1 Å². The fourth-order valence-corrected chi connectivity index (χ4v) is 3.78. The average molecular weight is 427 g/mol. The molecule has 7 heteroatoms. The summed E-state index contributed by atoms with van der Waals surface area (Å²) in [5.41, 5.74) is 2.34. The van der Waals surface area contributed by atoms with Crippen molar-refractivity contribution in [1.29, 1.82) is 0 Å². The minimum atomic E-state index is 0.0112. The third kappa shape index (κ3) is 5.75. The standard InChI is InChI=1S/C23H30N4O2S/c1-5-6-13-24-20(28)16-30-22-26-25-21(27(22)15-19-8-7-14-29-19)17-9-11-18(12-10-17)23(2,3)4/h7-12,14H,5-6,13,15-16H2,1-4H3,(H,24,28). The zero-order chi connectivity index (χ0) is 21.6. The Morgan fingerprint density at radius 2 is 1.93 bits per heavy atom. The Kier molecular flexibility index (Phi) is 7.37. The maximum Gasteiger partial charge on any atom is 0.230 e. The van der Waals surface area contributed by atoms with E-state index in [0.717, 1.165) is 30.0 Å². The van der Waals surface area contributed by atoms with Crippen LogP contribution in [-0.2, 0) is 16.8 Å². The zero-order valence-corrected chi connectivity index (χ0v) is 19.0. The highest BCUT2D eigenvalue weighted by Gasteiger charge is 2.18. The topological polar surface area (TPSA) is 73.0 Å². The summed E-state index contributed by atoms with van der Waals surface area (Å²) in [6.45, 7) is 9.91. The molecule has 0 fully saturated rings. The van der Waals surface area contributed by atoms with Crippen molar-refractivity contribution in [2.45, 2.75) is 57.7 Å². The number of nitrogens with one attached hydrogen (secondary N) is 1. The van der Waals surface area contributed by atoms with Gasteiger partial charge in [0.05, 0.1) is 18.6 Å². The van der Waals surface area contributed by atoms with Crippen LogP contribution in [0.3, 0.4) is 0 Å². The number of amides is 1. The highest BCUT2D eigenvalue weighted by molar-refractivity contribution is 7.99. The largest absolute Gasteiger partial charge is 0.467 e. The van der Waals surface area contributed by atoms with E-state index in [1.165, 1.54) is 17.3 Å². The number of nitrogens with zero attached hydrogens (tertiary/aromatic N) is 3. The number of benzene rings is 1. The molecular weight excluding hydrogens is 396 g/mol. The Hall–Kier alpha value is -2.54. The van der Waals surface area contributed by atoms with Crippen LogP contribution < -0.4 is 5.32 Å². The van der Waals surface area contributed by atoms with Crippen molar-refractivity contribution in [3.63, 3.8) is 0 Å². The van der Waals surface area contributed by atoms with Crippen molar-refractivity contribution < 1.29 is 9.21 Å². The number of rotatable bonds is 9. The summed E-state index contributed by atoms with van der Waals surface area (Å²) < 4.78 is 7.55. The monoisotopic (exact) mass is 426 g/mol. The summed E-state index contributed by atoms with van der Waals surface area (Å²) in [6, 6.07) is 12.2. The first kappa shape index (κ1) is 22.2. The lowest BCUT2D eigenvalue weighted by Crippen LogP contribution is -2.26. The highest BCUT2D eigenvalue weighted by atomic mass is 32.2. The molecular formula is C23H30N4O2S. The van der Waals surface area contributed by atoms with Crippen LogP contribution >= 0.6 is 11.8 Å². The fourth-order valence-electron chi connectivity index (χ4n) is 3.01. The van der Waals surface area contributed by atoms with E-state index in [1.54, 1.807) is 6.26 Å². The molecule has 0 aliphatic rings. The number of furan rings is 1. The molecule has 3 rings (SSSR count). The number of carbonyl (C=O) groups excluding carboxylic acids is 1. The summed E-state index contributed by atoms with van der Waals surface area (Å²) >= 11 is 1.39. The van der Waals surface area contributed by atoms with E-state index in [9.17, 15) is 4.79 Å². The molecule has 2 aromatic heterocycles. The van der Waals surface area contributed by atoms with Crippen LogP contribution in [-0.4, -0.2) is 33.0 Å². The maximum atomic E-state index is 12.1. The molecule has 6 nitrogen and oxygen atoms in total. The fraction of sp³-hybridized carbons (Fsp3) is 0.435. The summed E-state index contributed by atoms with van der Waals surface area (Å²) in [4.78, 5) is 12.1. The molecule has 0 atom stereocenters. The lowest BCUT2D eigenvalue weighted by molar-refractivity contribution is -0.118. The van der Waals surface area contributed by atoms with Crippen molar-refractivity contribution in [2.75, 3.05) is 12.3 Å². The van der Waals surface area contributed by atoms with Gasteiger partial charge >= 0.3 is 0 Å². The number of aromatic nitrogens is 3. The van der Waals surface area contributed by atoms with Gasteiger partial charge in [0.25, 0.3) is 0 Å². The third-order valence-corrected chi connectivity index (χ3v) is 5.77. The summed E-state index contributed by atoms with van der Waals surface area (Å²) in [5, 5.41) is 12.4. The Bertz CT molecular complexity index is 941. The second-order valence-corrected chi connectivity index (χ2v) is 9.23. The molecule has 0 saturated heterocycles. The highest BCUT2D eigenvalue weighted by Crippen LogP contribution is 2.28. The molecule has 0 aliphatic carbocycles. The Morgan fingerprint density at radius 1 is 1.17 bits per heavy atom. The Balaban J connectivity index is 1.82. The lowest BCUT2D eigenvalue weighted by Gasteiger charge is -2.19. The molecule has 0 spiro atoms. The smallest absolute Gasteiger partial charge is 0.230 e. The van der Waals surface area contributed by atoms with Crippen molar-refractivity contribution in [3.05, 3.63) is 54.0 Å². The minimum Gasteiger partial charge on any atom is -0.467 e. The lowest BCUT2D eigenvalue weighted by atomic mass is 9.87. The summed E-state index contributed by atoms with van der Waals surface area (Å²) in [5.74, 6) is 1.90. The van der Waals surface area contributed by atoms with Crippen LogP contribution in [0.5, 0.6) is 0 Å². The number of thioether (sulfide) groups is 1. The molecule has 3 aromatic rings.